The molecule has 1 aromatic heterocycles. The van der Waals surface area contributed by atoms with E-state index in [0.717, 1.165) is 12.8 Å². The zero-order valence-corrected chi connectivity index (χ0v) is 14.6. The minimum absolute atomic E-state index is 0.0200. The number of nitrogens with zero attached hydrogens (tertiary/aromatic N) is 2. The number of rotatable bonds is 4. The molecular weight excluding hydrogens is 338 g/mol. The predicted octanol–water partition coefficient (Wildman–Crippen LogP) is 3.02. The molecule has 0 saturated carbocycles. The van der Waals surface area contributed by atoms with Gasteiger partial charge in [-0.1, -0.05) is 23.7 Å². The van der Waals surface area contributed by atoms with Crippen molar-refractivity contribution in [2.75, 3.05) is 19.6 Å². The van der Waals surface area contributed by atoms with Gasteiger partial charge in [0.15, 0.2) is 0 Å². The normalized spacial score (nSPS) is 15.0. The molecule has 0 spiro atoms. The van der Waals surface area contributed by atoms with Gasteiger partial charge in [-0.05, 0) is 43.0 Å². The molecule has 0 aliphatic carbocycles. The molecule has 0 atom stereocenters. The molecule has 0 bridgehead atoms. The third kappa shape index (κ3) is 4.37. The summed E-state index contributed by atoms with van der Waals surface area (Å²) in [5.41, 5.74) is 1.11. The van der Waals surface area contributed by atoms with Crippen molar-refractivity contribution in [1.82, 2.24) is 15.2 Å². The molecule has 3 rings (SSSR count). The molecule has 1 saturated heterocycles. The highest BCUT2D eigenvalue weighted by Crippen LogP contribution is 2.19. The lowest BCUT2D eigenvalue weighted by atomic mass is 9.96. The molecule has 1 N–H and O–H groups in total. The minimum atomic E-state index is -0.153. The van der Waals surface area contributed by atoms with Crippen LogP contribution in [0.5, 0.6) is 0 Å². The number of carbonyl (C=O) groups is 2. The van der Waals surface area contributed by atoms with E-state index in [-0.39, 0.29) is 11.8 Å². The first kappa shape index (κ1) is 17.4. The Morgan fingerprint density at radius 3 is 2.60 bits per heavy atom. The summed E-state index contributed by atoms with van der Waals surface area (Å²) in [6, 6.07) is 10.6. The van der Waals surface area contributed by atoms with Gasteiger partial charge in [0.2, 0.25) is 0 Å². The molecule has 1 aliphatic rings. The number of benzene rings is 1. The summed E-state index contributed by atoms with van der Waals surface area (Å²) in [5, 5.41) is 3.40. The molecule has 0 radical (unpaired) electrons. The van der Waals surface area contributed by atoms with Gasteiger partial charge in [-0.2, -0.15) is 0 Å². The maximum Gasteiger partial charge on any atom is 0.255 e. The zero-order valence-electron chi connectivity index (χ0n) is 13.8. The number of aromatic nitrogens is 1. The van der Waals surface area contributed by atoms with E-state index in [1.807, 2.05) is 4.90 Å². The average molecular weight is 358 g/mol. The second-order valence-corrected chi connectivity index (χ2v) is 6.57. The standard InChI is InChI=1S/C19H20ClN3O2/c20-17-6-2-1-5-16(17)18(24)22-12-14-7-10-23(11-8-14)19(25)15-4-3-9-21-13-15/h1-6,9,13-14H,7-8,10-12H2,(H,22,24). The Balaban J connectivity index is 1.47. The van der Waals surface area contributed by atoms with Crippen LogP contribution in [0.2, 0.25) is 5.02 Å². The first-order valence-electron chi connectivity index (χ1n) is 8.37. The summed E-state index contributed by atoms with van der Waals surface area (Å²) in [7, 11) is 0. The molecule has 0 unspecified atom stereocenters. The number of likely N-dealkylation sites (tertiary alicyclic amines) is 1. The topological polar surface area (TPSA) is 62.3 Å². The van der Waals surface area contributed by atoms with Crippen LogP contribution in [-0.4, -0.2) is 41.3 Å². The van der Waals surface area contributed by atoms with E-state index in [9.17, 15) is 9.59 Å². The van der Waals surface area contributed by atoms with Crippen molar-refractivity contribution < 1.29 is 9.59 Å². The highest BCUT2D eigenvalue weighted by Gasteiger charge is 2.24. The largest absolute Gasteiger partial charge is 0.352 e. The van der Waals surface area contributed by atoms with Gasteiger partial charge in [0.1, 0.15) is 0 Å². The molecular formula is C19H20ClN3O2. The van der Waals surface area contributed by atoms with Crippen molar-refractivity contribution in [2.24, 2.45) is 5.92 Å². The highest BCUT2D eigenvalue weighted by molar-refractivity contribution is 6.33. The van der Waals surface area contributed by atoms with Crippen LogP contribution >= 0.6 is 11.6 Å². The number of nitrogens with one attached hydrogen (secondary N) is 1. The Morgan fingerprint density at radius 2 is 1.92 bits per heavy atom. The number of amides is 2. The summed E-state index contributed by atoms with van der Waals surface area (Å²) in [5.74, 6) is 0.232. The van der Waals surface area contributed by atoms with Crippen LogP contribution in [-0.2, 0) is 0 Å². The lowest BCUT2D eigenvalue weighted by Gasteiger charge is -2.32. The molecule has 130 valence electrons. The lowest BCUT2D eigenvalue weighted by Crippen LogP contribution is -2.41. The van der Waals surface area contributed by atoms with Gasteiger partial charge in [0.25, 0.3) is 11.8 Å². The molecule has 1 aromatic carbocycles. The summed E-state index contributed by atoms with van der Waals surface area (Å²) >= 11 is 6.04. The molecule has 5 nitrogen and oxygen atoms in total. The van der Waals surface area contributed by atoms with Crippen molar-refractivity contribution in [3.8, 4) is 0 Å². The van der Waals surface area contributed by atoms with Crippen LogP contribution in [0.4, 0.5) is 0 Å². The SMILES string of the molecule is O=C(NCC1CCN(C(=O)c2cccnc2)CC1)c1ccccc1Cl. The molecule has 1 aliphatic heterocycles. The van der Waals surface area contributed by atoms with Gasteiger partial charge in [0, 0.05) is 32.0 Å². The Hall–Kier alpha value is -2.40. The van der Waals surface area contributed by atoms with Crippen molar-refractivity contribution in [3.05, 3.63) is 64.9 Å². The molecule has 2 heterocycles. The van der Waals surface area contributed by atoms with E-state index in [4.69, 9.17) is 11.6 Å². The number of pyridine rings is 1. The Kier molecular flexibility index (Phi) is 5.66. The van der Waals surface area contributed by atoms with Crippen molar-refractivity contribution in [2.45, 2.75) is 12.8 Å². The summed E-state index contributed by atoms with van der Waals surface area (Å²) in [6.07, 6.45) is 4.99. The summed E-state index contributed by atoms with van der Waals surface area (Å²) in [4.78, 5) is 30.4. The number of hydrogen-bond acceptors (Lipinski definition) is 3. The first-order valence-corrected chi connectivity index (χ1v) is 8.75. The minimum Gasteiger partial charge on any atom is -0.352 e. The van der Waals surface area contributed by atoms with Crippen LogP contribution < -0.4 is 5.32 Å². The Labute approximate surface area is 152 Å². The molecule has 2 amide bonds. The van der Waals surface area contributed by atoms with Gasteiger partial charge in [0.05, 0.1) is 16.1 Å². The van der Waals surface area contributed by atoms with Crippen LogP contribution in [0.3, 0.4) is 0 Å². The molecule has 1 fully saturated rings. The summed E-state index contributed by atoms with van der Waals surface area (Å²) in [6.45, 7) is 1.99. The smallest absolute Gasteiger partial charge is 0.255 e. The highest BCUT2D eigenvalue weighted by atomic mass is 35.5. The molecule has 2 aromatic rings. The third-order valence-corrected chi connectivity index (χ3v) is 4.81. The Morgan fingerprint density at radius 1 is 1.16 bits per heavy atom. The van der Waals surface area contributed by atoms with Gasteiger partial charge >= 0.3 is 0 Å². The van der Waals surface area contributed by atoms with Crippen LogP contribution in [0, 0.1) is 5.92 Å². The monoisotopic (exact) mass is 357 g/mol. The second-order valence-electron chi connectivity index (χ2n) is 6.17. The van der Waals surface area contributed by atoms with Crippen LogP contribution in [0.1, 0.15) is 33.6 Å². The lowest BCUT2D eigenvalue weighted by molar-refractivity contribution is 0.0684. The fourth-order valence-electron chi connectivity index (χ4n) is 2.99. The third-order valence-electron chi connectivity index (χ3n) is 4.48. The van der Waals surface area contributed by atoms with E-state index in [1.54, 1.807) is 48.8 Å². The maximum absolute atomic E-state index is 12.4. The fourth-order valence-corrected chi connectivity index (χ4v) is 3.21. The number of piperidine rings is 1. The summed E-state index contributed by atoms with van der Waals surface area (Å²) < 4.78 is 0. The van der Waals surface area contributed by atoms with E-state index >= 15 is 0 Å². The molecule has 25 heavy (non-hydrogen) atoms. The number of carbonyl (C=O) groups excluding carboxylic acids is 2. The van der Waals surface area contributed by atoms with Crippen molar-refractivity contribution in [1.29, 1.82) is 0 Å². The molecule has 6 heteroatoms. The van der Waals surface area contributed by atoms with Gasteiger partial charge in [-0.25, -0.2) is 0 Å². The van der Waals surface area contributed by atoms with Gasteiger partial charge in [-0.15, -0.1) is 0 Å². The van der Waals surface area contributed by atoms with Crippen molar-refractivity contribution >= 4 is 23.4 Å². The quantitative estimate of drug-likeness (QED) is 0.914. The second kappa shape index (κ2) is 8.12. The van der Waals surface area contributed by atoms with E-state index in [2.05, 4.69) is 10.3 Å². The van der Waals surface area contributed by atoms with Crippen LogP contribution in [0.25, 0.3) is 0 Å². The van der Waals surface area contributed by atoms with E-state index in [1.165, 1.54) is 0 Å². The average Bonchev–Trinajstić information content (AvgIpc) is 2.67. The fraction of sp³-hybridized carbons (Fsp3) is 0.316. The van der Waals surface area contributed by atoms with E-state index < -0.39 is 0 Å². The van der Waals surface area contributed by atoms with Crippen LogP contribution in [0.15, 0.2) is 48.8 Å². The maximum atomic E-state index is 12.4. The number of hydrogen-bond donors (Lipinski definition) is 1. The number of halogens is 1. The van der Waals surface area contributed by atoms with E-state index in [0.29, 0.717) is 41.7 Å². The zero-order chi connectivity index (χ0) is 17.6. The van der Waals surface area contributed by atoms with Gasteiger partial charge in [-0.3, -0.25) is 14.6 Å². The van der Waals surface area contributed by atoms with Gasteiger partial charge < -0.3 is 10.2 Å². The predicted molar refractivity (Wildman–Crippen MR) is 96.6 cm³/mol. The Bertz CT molecular complexity index is 743. The first-order chi connectivity index (χ1) is 12.1. The van der Waals surface area contributed by atoms with Crippen molar-refractivity contribution in [3.63, 3.8) is 0 Å².